The van der Waals surface area contributed by atoms with Crippen LogP contribution in [0.1, 0.15) is 13.8 Å². The fraction of sp³-hybridized carbons (Fsp3) is 0.133. The molecule has 0 amide bonds. The molecule has 4 rings (SSSR count). The Bertz CT molecular complexity index is 1220. The topological polar surface area (TPSA) is 61.6 Å². The highest BCUT2D eigenvalue weighted by atomic mass is 16.5. The molecule has 0 spiro atoms. The highest BCUT2D eigenvalue weighted by Crippen LogP contribution is 2.30. The molecule has 36 heavy (non-hydrogen) atoms. The van der Waals surface area contributed by atoms with E-state index < -0.39 is 0 Å². The van der Waals surface area contributed by atoms with Gasteiger partial charge in [0.1, 0.15) is 23.0 Å². The monoisotopic (exact) mass is 480 g/mol. The predicted octanol–water partition coefficient (Wildman–Crippen LogP) is 8.33. The summed E-state index contributed by atoms with van der Waals surface area (Å²) >= 11 is 0. The summed E-state index contributed by atoms with van der Waals surface area (Å²) in [6.07, 6.45) is 0. The van der Waals surface area contributed by atoms with Crippen LogP contribution in [-0.4, -0.2) is 26.0 Å². The van der Waals surface area contributed by atoms with Crippen LogP contribution in [0, 0.1) is 0 Å². The van der Waals surface area contributed by atoms with E-state index in [9.17, 15) is 0 Å². The predicted molar refractivity (Wildman–Crippen MR) is 144 cm³/mol. The molecule has 0 atom stereocenters. The third kappa shape index (κ3) is 6.73. The first kappa shape index (κ1) is 24.5. The van der Waals surface area contributed by atoms with Gasteiger partial charge in [-0.1, -0.05) is 24.3 Å². The van der Waals surface area contributed by atoms with Crippen molar-refractivity contribution in [3.05, 3.63) is 97.1 Å². The van der Waals surface area contributed by atoms with E-state index in [1.807, 2.05) is 111 Å². The van der Waals surface area contributed by atoms with Crippen molar-refractivity contribution in [3.8, 4) is 34.1 Å². The average molecular weight is 481 g/mol. The first-order valence-corrected chi connectivity index (χ1v) is 11.5. The van der Waals surface area contributed by atoms with Crippen LogP contribution in [0.2, 0.25) is 0 Å². The molecule has 6 nitrogen and oxygen atoms in total. The molecule has 0 saturated heterocycles. The van der Waals surface area contributed by atoms with Gasteiger partial charge < -0.3 is 18.9 Å². The van der Waals surface area contributed by atoms with E-state index in [0.29, 0.717) is 11.8 Å². The molecule has 0 aliphatic carbocycles. The molecule has 0 aliphatic rings. The molecule has 0 aliphatic heterocycles. The minimum atomic E-state index is 0.608. The Morgan fingerprint density at radius 1 is 0.444 bits per heavy atom. The van der Waals surface area contributed by atoms with Gasteiger partial charge in [0.25, 0.3) is 0 Å². The van der Waals surface area contributed by atoms with Crippen molar-refractivity contribution in [2.75, 3.05) is 14.2 Å². The normalized spacial score (nSPS) is 11.7. The maximum absolute atomic E-state index is 5.96. The number of benzene rings is 4. The van der Waals surface area contributed by atoms with Gasteiger partial charge in [0.2, 0.25) is 0 Å². The van der Waals surface area contributed by atoms with Gasteiger partial charge in [0, 0.05) is 13.8 Å². The van der Waals surface area contributed by atoms with Crippen LogP contribution in [0.3, 0.4) is 0 Å². The lowest BCUT2D eigenvalue weighted by Gasteiger charge is -2.09. The minimum Gasteiger partial charge on any atom is -0.484 e. The summed E-state index contributed by atoms with van der Waals surface area (Å²) in [7, 11) is 3.20. The Labute approximate surface area is 211 Å². The van der Waals surface area contributed by atoms with Crippen LogP contribution >= 0.6 is 0 Å². The SMILES string of the molecule is COC(C)=Nc1ccc(Oc2ccc(-c3ccc(Oc4ccc(N=C(C)OC)cc4)cc3)cc2)cc1. The zero-order valence-electron chi connectivity index (χ0n) is 20.8. The zero-order valence-corrected chi connectivity index (χ0v) is 20.8. The third-order valence-corrected chi connectivity index (χ3v) is 5.35. The molecule has 0 N–H and O–H groups in total. The Morgan fingerprint density at radius 3 is 1.00 bits per heavy atom. The molecule has 0 heterocycles. The quantitative estimate of drug-likeness (QED) is 0.197. The lowest BCUT2D eigenvalue weighted by Crippen LogP contribution is -1.91. The van der Waals surface area contributed by atoms with E-state index in [4.69, 9.17) is 18.9 Å². The maximum Gasteiger partial charge on any atom is 0.184 e. The highest BCUT2D eigenvalue weighted by Gasteiger charge is 2.03. The zero-order chi connectivity index (χ0) is 25.3. The summed E-state index contributed by atoms with van der Waals surface area (Å²) in [4.78, 5) is 8.67. The molecule has 4 aromatic carbocycles. The molecule has 0 radical (unpaired) electrons. The lowest BCUT2D eigenvalue weighted by molar-refractivity contribution is 0.400. The molecule has 4 aromatic rings. The molecule has 6 heteroatoms. The molecule has 182 valence electrons. The van der Waals surface area contributed by atoms with E-state index in [0.717, 1.165) is 45.5 Å². The van der Waals surface area contributed by atoms with Gasteiger partial charge in [-0.25, -0.2) is 9.98 Å². The van der Waals surface area contributed by atoms with E-state index in [2.05, 4.69) is 9.98 Å². The van der Waals surface area contributed by atoms with Crippen LogP contribution in [-0.2, 0) is 9.47 Å². The first-order chi connectivity index (χ1) is 17.5. The number of aliphatic imine (C=N–C) groups is 2. The van der Waals surface area contributed by atoms with Gasteiger partial charge in [-0.05, 0) is 83.9 Å². The van der Waals surface area contributed by atoms with Crippen molar-refractivity contribution < 1.29 is 18.9 Å². The number of hydrogen-bond donors (Lipinski definition) is 0. The number of hydrogen-bond acceptors (Lipinski definition) is 6. The Morgan fingerprint density at radius 2 is 0.722 bits per heavy atom. The standard InChI is InChI=1S/C30H28N2O4/c1-21(33-3)31-25-9-17-29(18-10-25)35-27-13-5-23(6-14-27)24-7-15-28(16-8-24)36-30-19-11-26(12-20-30)32-22(2)34-4/h5-20H,1-4H3. The summed E-state index contributed by atoms with van der Waals surface area (Å²) in [5.74, 6) is 4.22. The van der Waals surface area contributed by atoms with E-state index in [1.165, 1.54) is 0 Å². The maximum atomic E-state index is 5.96. The van der Waals surface area contributed by atoms with Crippen molar-refractivity contribution >= 4 is 23.2 Å². The van der Waals surface area contributed by atoms with E-state index >= 15 is 0 Å². The second kappa shape index (κ2) is 11.7. The number of ether oxygens (including phenoxy) is 4. The van der Waals surface area contributed by atoms with E-state index in [-0.39, 0.29) is 0 Å². The molecule has 0 fully saturated rings. The highest BCUT2D eigenvalue weighted by molar-refractivity contribution is 5.77. The minimum absolute atomic E-state index is 0.608. The van der Waals surface area contributed by atoms with Gasteiger partial charge in [-0.3, -0.25) is 0 Å². The van der Waals surface area contributed by atoms with Crippen molar-refractivity contribution in [2.45, 2.75) is 13.8 Å². The van der Waals surface area contributed by atoms with Crippen LogP contribution in [0.5, 0.6) is 23.0 Å². The van der Waals surface area contributed by atoms with Gasteiger partial charge in [0.15, 0.2) is 11.8 Å². The fourth-order valence-corrected chi connectivity index (χ4v) is 3.34. The fourth-order valence-electron chi connectivity index (χ4n) is 3.34. The Hall–Kier alpha value is -4.58. The van der Waals surface area contributed by atoms with Crippen LogP contribution < -0.4 is 9.47 Å². The average Bonchev–Trinajstić information content (AvgIpc) is 2.91. The summed E-state index contributed by atoms with van der Waals surface area (Å²) in [5.41, 5.74) is 3.80. The number of rotatable bonds is 7. The summed E-state index contributed by atoms with van der Waals surface area (Å²) in [5, 5.41) is 0. The van der Waals surface area contributed by atoms with Crippen molar-refractivity contribution in [1.82, 2.24) is 0 Å². The molecular weight excluding hydrogens is 452 g/mol. The second-order valence-electron chi connectivity index (χ2n) is 7.91. The van der Waals surface area contributed by atoms with Gasteiger partial charge in [-0.2, -0.15) is 0 Å². The smallest absolute Gasteiger partial charge is 0.184 e. The Balaban J connectivity index is 1.36. The van der Waals surface area contributed by atoms with Crippen LogP contribution in [0.15, 0.2) is 107 Å². The second-order valence-corrected chi connectivity index (χ2v) is 7.91. The number of nitrogens with zero attached hydrogens (tertiary/aromatic N) is 2. The van der Waals surface area contributed by atoms with Crippen LogP contribution in [0.4, 0.5) is 11.4 Å². The van der Waals surface area contributed by atoms with Gasteiger partial charge in [-0.15, -0.1) is 0 Å². The third-order valence-electron chi connectivity index (χ3n) is 5.35. The van der Waals surface area contributed by atoms with Crippen molar-refractivity contribution in [1.29, 1.82) is 0 Å². The largest absolute Gasteiger partial charge is 0.484 e. The van der Waals surface area contributed by atoms with Crippen molar-refractivity contribution in [2.24, 2.45) is 9.98 Å². The summed E-state index contributed by atoms with van der Waals surface area (Å²) in [6, 6.07) is 31.1. The van der Waals surface area contributed by atoms with Gasteiger partial charge in [0.05, 0.1) is 25.6 Å². The van der Waals surface area contributed by atoms with Crippen LogP contribution in [0.25, 0.3) is 11.1 Å². The lowest BCUT2D eigenvalue weighted by atomic mass is 10.1. The summed E-state index contributed by atoms with van der Waals surface area (Å²) in [6.45, 7) is 3.62. The van der Waals surface area contributed by atoms with E-state index in [1.54, 1.807) is 14.2 Å². The molecule has 0 bridgehead atoms. The van der Waals surface area contributed by atoms with Gasteiger partial charge >= 0.3 is 0 Å². The first-order valence-electron chi connectivity index (χ1n) is 11.5. The van der Waals surface area contributed by atoms with Crippen molar-refractivity contribution in [3.63, 3.8) is 0 Å². The molecule has 0 unspecified atom stereocenters. The molecular formula is C30H28N2O4. The summed E-state index contributed by atoms with van der Waals surface area (Å²) < 4.78 is 22.1. The molecule has 0 saturated carbocycles. The number of methoxy groups -OCH3 is 2. The molecule has 0 aromatic heterocycles. The Kier molecular flexibility index (Phi) is 7.98.